The summed E-state index contributed by atoms with van der Waals surface area (Å²) >= 11 is 3.39. The van der Waals surface area contributed by atoms with Crippen molar-refractivity contribution in [2.75, 3.05) is 0 Å². The first kappa shape index (κ1) is 19.3. The van der Waals surface area contributed by atoms with Crippen LogP contribution in [0, 0.1) is 5.82 Å². The molecule has 29 heavy (non-hydrogen) atoms. The minimum Gasteiger partial charge on any atom is -0.455 e. The van der Waals surface area contributed by atoms with Gasteiger partial charge in [-0.15, -0.1) is 0 Å². The topological polar surface area (TPSA) is 60.4 Å². The molecule has 0 saturated heterocycles. The van der Waals surface area contributed by atoms with E-state index in [4.69, 9.17) is 4.42 Å². The second-order valence-electron chi connectivity index (χ2n) is 6.86. The van der Waals surface area contributed by atoms with Gasteiger partial charge in [0.25, 0.3) is 5.56 Å². The third-order valence-corrected chi connectivity index (χ3v) is 4.88. The van der Waals surface area contributed by atoms with Crippen LogP contribution in [-0.2, 0) is 0 Å². The van der Waals surface area contributed by atoms with Crippen LogP contribution in [0.1, 0.15) is 31.4 Å². The minimum atomic E-state index is -0.337. The van der Waals surface area contributed by atoms with E-state index in [1.165, 1.54) is 23.0 Å². The second-order valence-corrected chi connectivity index (χ2v) is 7.78. The fourth-order valence-corrected chi connectivity index (χ4v) is 3.35. The summed E-state index contributed by atoms with van der Waals surface area (Å²) in [5, 5.41) is 4.81. The van der Waals surface area contributed by atoms with Gasteiger partial charge in [0.05, 0.1) is 17.1 Å². The van der Waals surface area contributed by atoms with Gasteiger partial charge >= 0.3 is 0 Å². The molecule has 0 atom stereocenters. The van der Waals surface area contributed by atoms with Gasteiger partial charge in [0.2, 0.25) is 0 Å². The van der Waals surface area contributed by atoms with Crippen molar-refractivity contribution in [3.63, 3.8) is 0 Å². The van der Waals surface area contributed by atoms with E-state index in [1.807, 2.05) is 19.9 Å². The molecule has 0 aliphatic rings. The zero-order valence-corrected chi connectivity index (χ0v) is 17.4. The highest BCUT2D eigenvalue weighted by molar-refractivity contribution is 9.10. The highest BCUT2D eigenvalue weighted by Gasteiger charge is 2.14. The monoisotopic (exact) mass is 453 g/mol. The van der Waals surface area contributed by atoms with Gasteiger partial charge < -0.3 is 4.42 Å². The van der Waals surface area contributed by atoms with Crippen molar-refractivity contribution in [3.8, 4) is 11.3 Å². The quantitative estimate of drug-likeness (QED) is 0.379. The average molecular weight is 454 g/mol. The Bertz CT molecular complexity index is 1290. The fourth-order valence-electron chi connectivity index (χ4n) is 2.98. The van der Waals surface area contributed by atoms with E-state index in [-0.39, 0.29) is 17.3 Å². The van der Waals surface area contributed by atoms with Gasteiger partial charge in [-0.1, -0.05) is 41.9 Å². The maximum atomic E-state index is 13.4. The number of fused-ring (bicyclic) bond motifs is 1. The second kappa shape index (κ2) is 7.75. The summed E-state index contributed by atoms with van der Waals surface area (Å²) in [6.45, 7) is 3.90. The number of hydrogen-bond acceptors (Lipinski definition) is 4. The highest BCUT2D eigenvalue weighted by Crippen LogP contribution is 2.22. The lowest BCUT2D eigenvalue weighted by molar-refractivity contribution is 0.571. The van der Waals surface area contributed by atoms with Gasteiger partial charge in [0.15, 0.2) is 0 Å². The number of halogens is 2. The summed E-state index contributed by atoms with van der Waals surface area (Å²) in [5.74, 6) is 1.17. The maximum absolute atomic E-state index is 13.4. The van der Waals surface area contributed by atoms with Gasteiger partial charge in [-0.05, 0) is 42.5 Å². The molecule has 0 fully saturated rings. The van der Waals surface area contributed by atoms with Gasteiger partial charge in [0, 0.05) is 16.0 Å². The van der Waals surface area contributed by atoms with Crippen molar-refractivity contribution < 1.29 is 8.81 Å². The normalized spacial score (nSPS) is 11.8. The summed E-state index contributed by atoms with van der Waals surface area (Å²) < 4.78 is 21.3. The summed E-state index contributed by atoms with van der Waals surface area (Å²) in [6.07, 6.45) is 1.46. The fraction of sp³-hybridized carbons (Fsp3) is 0.136. The number of benzene rings is 2. The first-order valence-corrected chi connectivity index (χ1v) is 9.84. The Morgan fingerprint density at radius 3 is 2.76 bits per heavy atom. The van der Waals surface area contributed by atoms with E-state index in [9.17, 15) is 9.18 Å². The van der Waals surface area contributed by atoms with Crippen molar-refractivity contribution in [1.29, 1.82) is 0 Å². The van der Waals surface area contributed by atoms with Crippen LogP contribution in [0.5, 0.6) is 0 Å². The van der Waals surface area contributed by atoms with Crippen LogP contribution in [0.2, 0.25) is 0 Å². The SMILES string of the molecule is CC(C)c1nc2ccc(Br)cc2c(=O)n1N=Cc1ccc(-c2cccc(F)c2)o1. The molecule has 5 nitrogen and oxygen atoms in total. The number of furan rings is 1. The Morgan fingerprint density at radius 2 is 2.00 bits per heavy atom. The molecule has 2 aromatic heterocycles. The average Bonchev–Trinajstić information content (AvgIpc) is 3.16. The number of hydrogen-bond donors (Lipinski definition) is 0. The molecule has 0 unspecified atom stereocenters. The maximum Gasteiger partial charge on any atom is 0.282 e. The molecule has 2 aromatic carbocycles. The molecule has 0 spiro atoms. The molecule has 0 radical (unpaired) electrons. The Balaban J connectivity index is 1.76. The van der Waals surface area contributed by atoms with E-state index >= 15 is 0 Å². The van der Waals surface area contributed by atoms with Crippen LogP contribution in [0.15, 0.2) is 73.4 Å². The number of aromatic nitrogens is 2. The molecule has 146 valence electrons. The first-order chi connectivity index (χ1) is 13.9. The lowest BCUT2D eigenvalue weighted by Crippen LogP contribution is -2.23. The zero-order valence-electron chi connectivity index (χ0n) is 15.8. The van der Waals surface area contributed by atoms with Gasteiger partial charge in [0.1, 0.15) is 23.2 Å². The standard InChI is InChI=1S/C22H17BrFN3O2/c1-13(2)21-26-19-8-6-15(23)11-18(19)22(28)27(21)25-12-17-7-9-20(29-17)14-4-3-5-16(24)10-14/h3-13H,1-2H3. The summed E-state index contributed by atoms with van der Waals surface area (Å²) in [6, 6.07) is 15.0. The molecular formula is C22H17BrFN3O2. The third-order valence-electron chi connectivity index (χ3n) is 4.39. The molecule has 4 rings (SSSR count). The molecule has 2 heterocycles. The zero-order chi connectivity index (χ0) is 20.5. The molecule has 7 heteroatoms. The Labute approximate surface area is 174 Å². The Kier molecular flexibility index (Phi) is 5.15. The summed E-state index contributed by atoms with van der Waals surface area (Å²) in [4.78, 5) is 17.6. The smallest absolute Gasteiger partial charge is 0.282 e. The van der Waals surface area contributed by atoms with E-state index in [0.29, 0.717) is 33.8 Å². The number of nitrogens with zero attached hydrogens (tertiary/aromatic N) is 3. The van der Waals surface area contributed by atoms with Gasteiger partial charge in [-0.25, -0.2) is 9.37 Å². The molecule has 0 N–H and O–H groups in total. The van der Waals surface area contributed by atoms with Crippen LogP contribution in [0.4, 0.5) is 4.39 Å². The van der Waals surface area contributed by atoms with Crippen LogP contribution >= 0.6 is 15.9 Å². The third kappa shape index (κ3) is 3.91. The van der Waals surface area contributed by atoms with Gasteiger partial charge in [-0.3, -0.25) is 4.79 Å². The highest BCUT2D eigenvalue weighted by atomic mass is 79.9. The predicted octanol–water partition coefficient (Wildman–Crippen LogP) is 5.56. The lowest BCUT2D eigenvalue weighted by atomic mass is 10.2. The van der Waals surface area contributed by atoms with Crippen LogP contribution in [0.25, 0.3) is 22.2 Å². The van der Waals surface area contributed by atoms with Crippen molar-refractivity contribution in [2.45, 2.75) is 19.8 Å². The molecule has 0 saturated carbocycles. The Hall–Kier alpha value is -3.06. The molecule has 4 aromatic rings. The van der Waals surface area contributed by atoms with E-state index in [1.54, 1.807) is 36.4 Å². The van der Waals surface area contributed by atoms with Crippen LogP contribution in [-0.4, -0.2) is 15.9 Å². The molecule has 0 bridgehead atoms. The minimum absolute atomic E-state index is 0.00708. The van der Waals surface area contributed by atoms with Crippen LogP contribution in [0.3, 0.4) is 0 Å². The van der Waals surface area contributed by atoms with Gasteiger partial charge in [-0.2, -0.15) is 9.78 Å². The molecular weight excluding hydrogens is 437 g/mol. The lowest BCUT2D eigenvalue weighted by Gasteiger charge is -2.11. The first-order valence-electron chi connectivity index (χ1n) is 9.05. The van der Waals surface area contributed by atoms with Crippen molar-refractivity contribution in [2.24, 2.45) is 5.10 Å². The molecule has 0 aliphatic heterocycles. The largest absolute Gasteiger partial charge is 0.455 e. The van der Waals surface area contributed by atoms with Crippen molar-refractivity contribution >= 4 is 33.0 Å². The van der Waals surface area contributed by atoms with Crippen molar-refractivity contribution in [3.05, 3.63) is 86.8 Å². The van der Waals surface area contributed by atoms with E-state index in [2.05, 4.69) is 26.0 Å². The van der Waals surface area contributed by atoms with Crippen LogP contribution < -0.4 is 5.56 Å². The number of rotatable bonds is 4. The predicted molar refractivity (Wildman–Crippen MR) is 115 cm³/mol. The molecule has 0 aliphatic carbocycles. The van der Waals surface area contributed by atoms with E-state index < -0.39 is 0 Å². The summed E-state index contributed by atoms with van der Waals surface area (Å²) in [5.41, 5.74) is 0.995. The van der Waals surface area contributed by atoms with E-state index in [0.717, 1.165) is 4.47 Å². The Morgan fingerprint density at radius 1 is 1.17 bits per heavy atom. The summed E-state index contributed by atoms with van der Waals surface area (Å²) in [7, 11) is 0. The molecule has 0 amide bonds. The van der Waals surface area contributed by atoms with Crippen molar-refractivity contribution in [1.82, 2.24) is 9.66 Å².